The molecule has 0 amide bonds. The van der Waals surface area contributed by atoms with Gasteiger partial charge in [-0.05, 0) is 19.8 Å². The summed E-state index contributed by atoms with van der Waals surface area (Å²) in [5.74, 6) is 0. The molecule has 0 atom stereocenters. The summed E-state index contributed by atoms with van der Waals surface area (Å²) in [5.41, 5.74) is 0. The third-order valence-corrected chi connectivity index (χ3v) is 3.21. The van der Waals surface area contributed by atoms with Gasteiger partial charge in [0.25, 0.3) is 0 Å². The quantitative estimate of drug-likeness (QED) is 0.484. The lowest BCUT2D eigenvalue weighted by Gasteiger charge is -2.09. The Kier molecular flexibility index (Phi) is 6.96. The van der Waals surface area contributed by atoms with Crippen molar-refractivity contribution in [1.82, 2.24) is 0 Å². The largest absolute Gasteiger partial charge is 0.406 e. The molecule has 0 aliphatic rings. The van der Waals surface area contributed by atoms with Gasteiger partial charge in [0.05, 0.1) is 6.61 Å². The Balaban J connectivity index is 3.33. The number of unbranched alkanes of at least 4 members (excludes halogenated alkanes) is 3. The maximum atomic E-state index is 9.26. The van der Waals surface area contributed by atoms with E-state index in [2.05, 4.69) is 6.92 Å². The van der Waals surface area contributed by atoms with Gasteiger partial charge in [0, 0.05) is 0 Å². The molecule has 0 aromatic carbocycles. The lowest BCUT2D eigenvalue weighted by atomic mass is 10.2. The zero-order valence-electron chi connectivity index (χ0n) is 7.99. The molecule has 0 bridgehead atoms. The summed E-state index contributed by atoms with van der Waals surface area (Å²) in [4.78, 5) is 18.5. The van der Waals surface area contributed by atoms with Gasteiger partial charge in [0.15, 0.2) is 0 Å². The summed E-state index contributed by atoms with van der Waals surface area (Å²) in [6, 6.07) is 0. The van der Waals surface area contributed by atoms with Crippen molar-refractivity contribution in [2.45, 2.75) is 39.5 Å². The van der Waals surface area contributed by atoms with E-state index in [4.69, 9.17) is 4.52 Å². The molecule has 0 saturated carbocycles. The Bertz CT molecular complexity index is 106. The molecule has 0 radical (unpaired) electrons. The van der Waals surface area contributed by atoms with Gasteiger partial charge in [-0.2, -0.15) is 14.3 Å². The van der Waals surface area contributed by atoms with Crippen LogP contribution in [0.15, 0.2) is 0 Å². The SMILES string of the molecule is CCCCCC[P+](O)(O)OCC. The second-order valence-corrected chi connectivity index (χ2v) is 4.90. The van der Waals surface area contributed by atoms with Gasteiger partial charge in [0.1, 0.15) is 6.16 Å². The number of hydrogen-bond acceptors (Lipinski definition) is 3. The van der Waals surface area contributed by atoms with E-state index in [0.717, 1.165) is 25.7 Å². The fourth-order valence-corrected chi connectivity index (χ4v) is 2.19. The molecule has 0 saturated heterocycles. The van der Waals surface area contributed by atoms with Crippen molar-refractivity contribution >= 4 is 7.94 Å². The van der Waals surface area contributed by atoms with Crippen LogP contribution in [0.3, 0.4) is 0 Å². The average molecular weight is 195 g/mol. The molecule has 74 valence electrons. The van der Waals surface area contributed by atoms with Gasteiger partial charge in [0.2, 0.25) is 0 Å². The topological polar surface area (TPSA) is 49.7 Å². The van der Waals surface area contributed by atoms with Gasteiger partial charge in [-0.3, -0.25) is 0 Å². The maximum absolute atomic E-state index is 9.26. The van der Waals surface area contributed by atoms with E-state index in [-0.39, 0.29) is 0 Å². The normalized spacial score (nSPS) is 12.0. The van der Waals surface area contributed by atoms with Crippen molar-refractivity contribution in [3.05, 3.63) is 0 Å². The molecule has 0 aromatic rings. The van der Waals surface area contributed by atoms with E-state index in [1.807, 2.05) is 0 Å². The Morgan fingerprint density at radius 1 is 1.08 bits per heavy atom. The van der Waals surface area contributed by atoms with Crippen LogP contribution in [0.2, 0.25) is 0 Å². The lowest BCUT2D eigenvalue weighted by molar-refractivity contribution is 0.240. The second kappa shape index (κ2) is 6.79. The molecular weight excluding hydrogens is 175 g/mol. The maximum Gasteiger partial charge on any atom is 0.406 e. The molecular formula is C8H20O3P+. The number of hydrogen-bond donors (Lipinski definition) is 2. The van der Waals surface area contributed by atoms with Crippen LogP contribution in [0.25, 0.3) is 0 Å². The molecule has 0 spiro atoms. The highest BCUT2D eigenvalue weighted by Gasteiger charge is 2.33. The Morgan fingerprint density at radius 2 is 1.75 bits per heavy atom. The van der Waals surface area contributed by atoms with E-state index < -0.39 is 7.94 Å². The second-order valence-electron chi connectivity index (χ2n) is 2.87. The van der Waals surface area contributed by atoms with Crippen molar-refractivity contribution in [2.24, 2.45) is 0 Å². The Morgan fingerprint density at radius 3 is 2.25 bits per heavy atom. The Labute approximate surface area is 75.3 Å². The first kappa shape index (κ1) is 12.3. The first-order valence-corrected chi connectivity index (χ1v) is 6.40. The predicted molar refractivity (Wildman–Crippen MR) is 52.0 cm³/mol. The minimum Gasteiger partial charge on any atom is -0.193 e. The molecule has 4 heteroatoms. The van der Waals surface area contributed by atoms with E-state index in [1.165, 1.54) is 0 Å². The molecule has 0 fully saturated rings. The van der Waals surface area contributed by atoms with Crippen molar-refractivity contribution in [3.8, 4) is 0 Å². The molecule has 0 heterocycles. The van der Waals surface area contributed by atoms with E-state index in [1.54, 1.807) is 6.92 Å². The smallest absolute Gasteiger partial charge is 0.193 e. The van der Waals surface area contributed by atoms with Crippen LogP contribution in [-0.4, -0.2) is 22.6 Å². The summed E-state index contributed by atoms with van der Waals surface area (Å²) >= 11 is 0. The highest BCUT2D eigenvalue weighted by molar-refractivity contribution is 7.59. The Hall–Kier alpha value is 0.310. The van der Waals surface area contributed by atoms with Gasteiger partial charge in [-0.25, -0.2) is 0 Å². The average Bonchev–Trinajstić information content (AvgIpc) is 1.98. The van der Waals surface area contributed by atoms with Gasteiger partial charge < -0.3 is 0 Å². The molecule has 12 heavy (non-hydrogen) atoms. The van der Waals surface area contributed by atoms with Crippen molar-refractivity contribution < 1.29 is 14.3 Å². The monoisotopic (exact) mass is 195 g/mol. The van der Waals surface area contributed by atoms with Gasteiger partial charge in [-0.15, -0.1) is 0 Å². The number of rotatable bonds is 7. The first-order valence-electron chi connectivity index (χ1n) is 4.60. The zero-order chi connectivity index (χ0) is 9.45. The van der Waals surface area contributed by atoms with Crippen LogP contribution >= 0.6 is 7.94 Å². The first-order chi connectivity index (χ1) is 5.62. The zero-order valence-corrected chi connectivity index (χ0v) is 8.89. The van der Waals surface area contributed by atoms with Crippen LogP contribution in [0.1, 0.15) is 39.5 Å². The van der Waals surface area contributed by atoms with Crippen LogP contribution < -0.4 is 0 Å². The summed E-state index contributed by atoms with van der Waals surface area (Å²) in [6.45, 7) is 4.28. The summed E-state index contributed by atoms with van der Waals surface area (Å²) in [7, 11) is -2.98. The van der Waals surface area contributed by atoms with Crippen molar-refractivity contribution in [3.63, 3.8) is 0 Å². The molecule has 0 aliphatic carbocycles. The van der Waals surface area contributed by atoms with Crippen LogP contribution in [0.5, 0.6) is 0 Å². The van der Waals surface area contributed by atoms with Crippen molar-refractivity contribution in [2.75, 3.05) is 12.8 Å². The van der Waals surface area contributed by atoms with Gasteiger partial charge >= 0.3 is 7.94 Å². The fraction of sp³-hybridized carbons (Fsp3) is 1.00. The molecule has 0 aliphatic heterocycles. The molecule has 2 N–H and O–H groups in total. The minimum absolute atomic E-state index is 0.383. The third-order valence-electron chi connectivity index (χ3n) is 1.64. The lowest BCUT2D eigenvalue weighted by Crippen LogP contribution is -2.01. The van der Waals surface area contributed by atoms with E-state index in [9.17, 15) is 9.79 Å². The van der Waals surface area contributed by atoms with Crippen molar-refractivity contribution in [1.29, 1.82) is 0 Å². The minimum atomic E-state index is -2.98. The molecule has 0 unspecified atom stereocenters. The van der Waals surface area contributed by atoms with Gasteiger partial charge in [-0.1, -0.05) is 19.8 Å². The highest BCUT2D eigenvalue weighted by Crippen LogP contribution is 2.51. The fourth-order valence-electron chi connectivity index (χ4n) is 1.02. The van der Waals surface area contributed by atoms with E-state index >= 15 is 0 Å². The molecule has 0 aromatic heterocycles. The van der Waals surface area contributed by atoms with E-state index in [0.29, 0.717) is 12.8 Å². The summed E-state index contributed by atoms with van der Waals surface area (Å²) in [5, 5.41) is 0. The van der Waals surface area contributed by atoms with Crippen LogP contribution in [-0.2, 0) is 4.52 Å². The third kappa shape index (κ3) is 6.99. The molecule has 3 nitrogen and oxygen atoms in total. The van der Waals surface area contributed by atoms with Crippen LogP contribution in [0, 0.1) is 0 Å². The standard InChI is InChI=1S/C8H20O3P/c1-3-5-6-7-8-12(9,10)11-4-2/h9-10H,3-8H2,1-2H3/q+1. The molecule has 0 rings (SSSR count). The van der Waals surface area contributed by atoms with Crippen LogP contribution in [0.4, 0.5) is 0 Å². The highest BCUT2D eigenvalue weighted by atomic mass is 31.2. The summed E-state index contributed by atoms with van der Waals surface area (Å²) < 4.78 is 4.83. The summed E-state index contributed by atoms with van der Waals surface area (Å²) in [6.07, 6.45) is 4.66. The predicted octanol–water partition coefficient (Wildman–Crippen LogP) is 2.35.